The SMILES string of the molecule is CC1=C2CN(C(=O)c3ccc(Cl)c(F)c3Cl)CCN2C(c2cncs2)=NCC1. The van der Waals surface area contributed by atoms with Crippen molar-refractivity contribution in [1.29, 1.82) is 0 Å². The van der Waals surface area contributed by atoms with Crippen molar-refractivity contribution in [3.8, 4) is 0 Å². The quantitative estimate of drug-likeness (QED) is 0.649. The standard InChI is InChI=1S/C19H17Cl2FN4OS/c1-11-4-5-24-18(15-8-23-10-28-15)26-7-6-25(9-14(11)26)19(27)12-2-3-13(20)17(22)16(12)21/h2-3,8,10H,4-7,9H2,1H3. The van der Waals surface area contributed by atoms with Crippen molar-refractivity contribution in [2.45, 2.75) is 13.3 Å². The highest BCUT2D eigenvalue weighted by Crippen LogP contribution is 2.30. The molecule has 0 atom stereocenters. The van der Waals surface area contributed by atoms with Gasteiger partial charge in [0.15, 0.2) is 5.82 Å². The molecule has 1 saturated heterocycles. The monoisotopic (exact) mass is 438 g/mol. The number of nitrogens with zero attached hydrogens (tertiary/aromatic N) is 4. The lowest BCUT2D eigenvalue weighted by Crippen LogP contribution is -2.49. The van der Waals surface area contributed by atoms with Gasteiger partial charge in [-0.1, -0.05) is 28.8 Å². The molecule has 1 amide bonds. The molecule has 1 fully saturated rings. The molecule has 4 rings (SSSR count). The number of aromatic nitrogens is 1. The minimum Gasteiger partial charge on any atom is -0.331 e. The lowest BCUT2D eigenvalue weighted by Gasteiger charge is -2.39. The average molecular weight is 439 g/mol. The van der Waals surface area contributed by atoms with E-state index in [1.807, 2.05) is 6.20 Å². The molecule has 3 heterocycles. The highest BCUT2D eigenvalue weighted by atomic mass is 35.5. The summed E-state index contributed by atoms with van der Waals surface area (Å²) >= 11 is 13.3. The molecule has 0 spiro atoms. The highest BCUT2D eigenvalue weighted by Gasteiger charge is 2.32. The maximum Gasteiger partial charge on any atom is 0.255 e. The Bertz CT molecular complexity index is 990. The molecular formula is C19H17Cl2FN4OS. The fourth-order valence-corrected chi connectivity index (χ4v) is 4.52. The van der Waals surface area contributed by atoms with Gasteiger partial charge in [0, 0.05) is 31.5 Å². The first-order chi connectivity index (χ1) is 13.5. The van der Waals surface area contributed by atoms with Crippen molar-refractivity contribution in [2.24, 2.45) is 4.99 Å². The molecule has 0 aliphatic carbocycles. The Kier molecular flexibility index (Phi) is 5.40. The van der Waals surface area contributed by atoms with Crippen molar-refractivity contribution in [3.63, 3.8) is 0 Å². The number of hydrogen-bond donors (Lipinski definition) is 0. The van der Waals surface area contributed by atoms with Crippen molar-refractivity contribution in [2.75, 3.05) is 26.2 Å². The van der Waals surface area contributed by atoms with Gasteiger partial charge in [0.25, 0.3) is 5.91 Å². The number of carbonyl (C=O) groups excluding carboxylic acids is 1. The number of rotatable bonds is 2. The summed E-state index contributed by atoms with van der Waals surface area (Å²) in [5, 5.41) is -0.336. The zero-order valence-electron chi connectivity index (χ0n) is 15.1. The lowest BCUT2D eigenvalue weighted by atomic mass is 10.1. The summed E-state index contributed by atoms with van der Waals surface area (Å²) in [6.45, 7) is 4.26. The highest BCUT2D eigenvalue weighted by molar-refractivity contribution is 7.11. The second kappa shape index (κ2) is 7.81. The van der Waals surface area contributed by atoms with E-state index in [4.69, 9.17) is 28.2 Å². The lowest BCUT2D eigenvalue weighted by molar-refractivity contribution is 0.0726. The average Bonchev–Trinajstić information content (AvgIpc) is 3.18. The largest absolute Gasteiger partial charge is 0.331 e. The number of thiazole rings is 1. The zero-order chi connectivity index (χ0) is 19.8. The molecule has 0 unspecified atom stereocenters. The van der Waals surface area contributed by atoms with Crippen LogP contribution >= 0.6 is 34.5 Å². The van der Waals surface area contributed by atoms with Crippen molar-refractivity contribution >= 4 is 46.3 Å². The van der Waals surface area contributed by atoms with E-state index >= 15 is 0 Å². The minimum absolute atomic E-state index is 0.0981. The molecule has 2 aromatic rings. The van der Waals surface area contributed by atoms with Crippen LogP contribution < -0.4 is 0 Å². The number of benzene rings is 1. The van der Waals surface area contributed by atoms with Gasteiger partial charge in [-0.3, -0.25) is 14.8 Å². The van der Waals surface area contributed by atoms with E-state index in [1.54, 1.807) is 21.7 Å². The first kappa shape index (κ1) is 19.4. The van der Waals surface area contributed by atoms with Crippen LogP contribution in [0.1, 0.15) is 28.6 Å². The Morgan fingerprint density at radius 3 is 2.86 bits per heavy atom. The molecule has 1 aromatic carbocycles. The molecule has 9 heteroatoms. The number of carbonyl (C=O) groups is 1. The molecule has 0 N–H and O–H groups in total. The predicted molar refractivity (Wildman–Crippen MR) is 110 cm³/mol. The normalized spacial score (nSPS) is 17.4. The van der Waals surface area contributed by atoms with Crippen molar-refractivity contribution < 1.29 is 9.18 Å². The second-order valence-electron chi connectivity index (χ2n) is 6.65. The van der Waals surface area contributed by atoms with Crippen LogP contribution in [-0.4, -0.2) is 52.7 Å². The van der Waals surface area contributed by atoms with Gasteiger partial charge in [0.1, 0.15) is 5.84 Å². The van der Waals surface area contributed by atoms with Gasteiger partial charge in [-0.15, -0.1) is 11.3 Å². The predicted octanol–water partition coefficient (Wildman–Crippen LogP) is 4.47. The molecule has 1 aromatic heterocycles. The summed E-state index contributed by atoms with van der Waals surface area (Å²) in [6.07, 6.45) is 2.64. The summed E-state index contributed by atoms with van der Waals surface area (Å²) < 4.78 is 14.0. The first-order valence-corrected chi connectivity index (χ1v) is 10.4. The van der Waals surface area contributed by atoms with Gasteiger partial charge < -0.3 is 9.80 Å². The smallest absolute Gasteiger partial charge is 0.255 e. The van der Waals surface area contributed by atoms with Crippen LogP contribution in [0, 0.1) is 5.82 Å². The number of aliphatic imine (C=N–C) groups is 1. The van der Waals surface area contributed by atoms with Crippen LogP contribution in [0.5, 0.6) is 0 Å². The molecule has 0 saturated carbocycles. The summed E-state index contributed by atoms with van der Waals surface area (Å²) in [6, 6.07) is 2.83. The number of hydrogen-bond acceptors (Lipinski definition) is 5. The van der Waals surface area contributed by atoms with Crippen LogP contribution in [-0.2, 0) is 0 Å². The fourth-order valence-electron chi connectivity index (χ4n) is 3.43. The topological polar surface area (TPSA) is 48.8 Å². The van der Waals surface area contributed by atoms with Crippen LogP contribution in [0.4, 0.5) is 4.39 Å². The maximum absolute atomic E-state index is 14.0. The third kappa shape index (κ3) is 3.43. The van der Waals surface area contributed by atoms with E-state index in [2.05, 4.69) is 16.8 Å². The fraction of sp³-hybridized carbons (Fsp3) is 0.316. The summed E-state index contributed by atoms with van der Waals surface area (Å²) in [7, 11) is 0. The molecule has 2 aliphatic heterocycles. The Hall–Kier alpha value is -1.96. The molecule has 0 bridgehead atoms. The Labute approximate surface area is 176 Å². The van der Waals surface area contributed by atoms with Gasteiger partial charge in [-0.05, 0) is 25.5 Å². The Balaban J connectivity index is 1.63. The van der Waals surface area contributed by atoms with E-state index in [0.717, 1.165) is 22.8 Å². The molecule has 146 valence electrons. The Morgan fingerprint density at radius 2 is 2.11 bits per heavy atom. The van der Waals surface area contributed by atoms with Gasteiger partial charge in [-0.2, -0.15) is 0 Å². The molecule has 0 radical (unpaired) electrons. The van der Waals surface area contributed by atoms with Crippen LogP contribution in [0.25, 0.3) is 0 Å². The van der Waals surface area contributed by atoms with Crippen LogP contribution in [0.2, 0.25) is 10.0 Å². The third-order valence-electron chi connectivity index (χ3n) is 4.96. The van der Waals surface area contributed by atoms with Crippen LogP contribution in [0.15, 0.2) is 40.1 Å². The van der Waals surface area contributed by atoms with E-state index < -0.39 is 5.82 Å². The van der Waals surface area contributed by atoms with Gasteiger partial charge in [0.2, 0.25) is 0 Å². The van der Waals surface area contributed by atoms with Gasteiger partial charge >= 0.3 is 0 Å². The molecular weight excluding hydrogens is 422 g/mol. The number of halogens is 3. The van der Waals surface area contributed by atoms with Crippen molar-refractivity contribution in [3.05, 3.63) is 61.4 Å². The number of amides is 1. The molecule has 2 aliphatic rings. The first-order valence-electron chi connectivity index (χ1n) is 8.79. The Morgan fingerprint density at radius 1 is 1.29 bits per heavy atom. The summed E-state index contributed by atoms with van der Waals surface area (Å²) in [5.41, 5.74) is 4.15. The summed E-state index contributed by atoms with van der Waals surface area (Å²) in [5.74, 6) is -0.171. The van der Waals surface area contributed by atoms with Gasteiger partial charge in [-0.25, -0.2) is 4.39 Å². The van der Waals surface area contributed by atoms with E-state index in [1.165, 1.54) is 17.7 Å². The van der Waals surface area contributed by atoms with Crippen molar-refractivity contribution in [1.82, 2.24) is 14.8 Å². The van der Waals surface area contributed by atoms with E-state index in [-0.39, 0.29) is 21.5 Å². The number of fused-ring (bicyclic) bond motifs is 1. The number of amidine groups is 1. The summed E-state index contributed by atoms with van der Waals surface area (Å²) in [4.78, 5) is 26.8. The molecule has 5 nitrogen and oxygen atoms in total. The third-order valence-corrected chi connectivity index (χ3v) is 6.39. The van der Waals surface area contributed by atoms with Gasteiger partial charge in [0.05, 0.1) is 32.5 Å². The minimum atomic E-state index is -0.766. The van der Waals surface area contributed by atoms with E-state index in [9.17, 15) is 9.18 Å². The van der Waals surface area contributed by atoms with E-state index in [0.29, 0.717) is 26.2 Å². The zero-order valence-corrected chi connectivity index (χ0v) is 17.4. The van der Waals surface area contributed by atoms with Crippen LogP contribution in [0.3, 0.4) is 0 Å². The molecule has 28 heavy (non-hydrogen) atoms. The number of piperazine rings is 1. The maximum atomic E-state index is 14.0. The second-order valence-corrected chi connectivity index (χ2v) is 8.32.